The largest absolute Gasteiger partial charge is 0.494 e. The molecule has 1 saturated heterocycles. The van der Waals surface area contributed by atoms with Crippen LogP contribution in [0.2, 0.25) is 0 Å². The van der Waals surface area contributed by atoms with Gasteiger partial charge in [0, 0.05) is 25.6 Å². The fraction of sp³-hybridized carbons (Fsp3) is 0.538. The molecule has 1 heterocycles. The van der Waals surface area contributed by atoms with Crippen molar-refractivity contribution in [2.24, 2.45) is 5.92 Å². The second-order valence-electron chi connectivity index (χ2n) is 4.69. The summed E-state index contributed by atoms with van der Waals surface area (Å²) in [6.45, 7) is 3.46. The van der Waals surface area contributed by atoms with Gasteiger partial charge in [0.2, 0.25) is 10.0 Å². The molecular weight excluding hydrogens is 266 g/mol. The van der Waals surface area contributed by atoms with Gasteiger partial charge in [-0.15, -0.1) is 0 Å². The maximum atomic E-state index is 12.2. The Morgan fingerprint density at radius 1 is 1.32 bits per heavy atom. The predicted molar refractivity (Wildman–Crippen MR) is 71.6 cm³/mol. The lowest BCUT2D eigenvalue weighted by atomic mass is 10.1. The van der Waals surface area contributed by atoms with Gasteiger partial charge in [-0.2, -0.15) is 4.31 Å². The molecule has 0 bridgehead atoms. The number of aliphatic hydroxyl groups excluding tert-OH is 1. The van der Waals surface area contributed by atoms with Crippen LogP contribution in [-0.4, -0.2) is 44.1 Å². The van der Waals surface area contributed by atoms with Crippen LogP contribution in [0.4, 0.5) is 0 Å². The molecule has 0 aliphatic carbocycles. The summed E-state index contributed by atoms with van der Waals surface area (Å²) in [4.78, 5) is 0.271. The highest BCUT2D eigenvalue weighted by atomic mass is 32.2. The normalized spacial score (nSPS) is 17.2. The minimum Gasteiger partial charge on any atom is -0.494 e. The monoisotopic (exact) mass is 285 g/mol. The van der Waals surface area contributed by atoms with Crippen molar-refractivity contribution in [3.05, 3.63) is 24.3 Å². The van der Waals surface area contributed by atoms with Crippen molar-refractivity contribution < 1.29 is 18.3 Å². The van der Waals surface area contributed by atoms with Crippen LogP contribution in [0.15, 0.2) is 29.2 Å². The molecule has 0 aromatic heterocycles. The van der Waals surface area contributed by atoms with Crippen molar-refractivity contribution in [1.29, 1.82) is 0 Å². The molecule has 1 fully saturated rings. The first kappa shape index (κ1) is 14.3. The van der Waals surface area contributed by atoms with Gasteiger partial charge in [0.1, 0.15) is 5.75 Å². The van der Waals surface area contributed by atoms with E-state index in [0.717, 1.165) is 6.42 Å². The molecule has 1 aromatic carbocycles. The topological polar surface area (TPSA) is 66.8 Å². The van der Waals surface area contributed by atoms with E-state index >= 15 is 0 Å². The van der Waals surface area contributed by atoms with E-state index < -0.39 is 10.0 Å². The number of nitrogens with zero attached hydrogens (tertiary/aromatic N) is 1. The second kappa shape index (κ2) is 5.90. The van der Waals surface area contributed by atoms with Gasteiger partial charge in [-0.3, -0.25) is 0 Å². The molecule has 0 unspecified atom stereocenters. The first-order chi connectivity index (χ1) is 9.07. The van der Waals surface area contributed by atoms with Crippen molar-refractivity contribution in [2.75, 3.05) is 26.3 Å². The Morgan fingerprint density at radius 2 is 1.95 bits per heavy atom. The summed E-state index contributed by atoms with van der Waals surface area (Å²) in [6, 6.07) is 6.47. The summed E-state index contributed by atoms with van der Waals surface area (Å²) in [7, 11) is -3.42. The summed E-state index contributed by atoms with van der Waals surface area (Å²) in [5, 5.41) is 8.92. The lowest BCUT2D eigenvalue weighted by molar-refractivity contribution is 0.117. The Bertz CT molecular complexity index is 506. The van der Waals surface area contributed by atoms with E-state index in [1.54, 1.807) is 24.3 Å². The van der Waals surface area contributed by atoms with Gasteiger partial charge in [-0.25, -0.2) is 8.42 Å². The zero-order valence-electron chi connectivity index (χ0n) is 10.9. The fourth-order valence-electron chi connectivity index (χ4n) is 1.91. The van der Waals surface area contributed by atoms with E-state index in [9.17, 15) is 8.42 Å². The molecule has 0 saturated carbocycles. The van der Waals surface area contributed by atoms with E-state index in [1.165, 1.54) is 4.31 Å². The number of benzene rings is 1. The van der Waals surface area contributed by atoms with Crippen molar-refractivity contribution >= 4 is 10.0 Å². The number of hydrogen-bond donors (Lipinski definition) is 1. The third kappa shape index (κ3) is 3.08. The number of rotatable bonds is 6. The number of aliphatic hydroxyl groups is 1. The molecule has 0 amide bonds. The van der Waals surface area contributed by atoms with Gasteiger partial charge in [0.15, 0.2) is 0 Å². The van der Waals surface area contributed by atoms with Crippen molar-refractivity contribution in [1.82, 2.24) is 4.31 Å². The molecule has 2 rings (SSSR count). The summed E-state index contributed by atoms with van der Waals surface area (Å²) in [5.74, 6) is 0.750. The van der Waals surface area contributed by atoms with Crippen LogP contribution in [0, 0.1) is 5.92 Å². The van der Waals surface area contributed by atoms with Crippen LogP contribution in [0.5, 0.6) is 5.75 Å². The molecule has 6 heteroatoms. The Hall–Kier alpha value is -1.11. The van der Waals surface area contributed by atoms with Gasteiger partial charge in [0.05, 0.1) is 11.5 Å². The SMILES string of the molecule is CCCOc1ccc(S(=O)(=O)N2CC(CO)C2)cc1. The van der Waals surface area contributed by atoms with Gasteiger partial charge in [-0.1, -0.05) is 6.92 Å². The van der Waals surface area contributed by atoms with Gasteiger partial charge >= 0.3 is 0 Å². The Morgan fingerprint density at radius 3 is 2.47 bits per heavy atom. The lowest BCUT2D eigenvalue weighted by Gasteiger charge is -2.36. The van der Waals surface area contributed by atoms with Crippen molar-refractivity contribution in [3.63, 3.8) is 0 Å². The van der Waals surface area contributed by atoms with Gasteiger partial charge < -0.3 is 9.84 Å². The van der Waals surface area contributed by atoms with E-state index in [2.05, 4.69) is 0 Å². The minimum absolute atomic E-state index is 0.0375. The summed E-state index contributed by atoms with van der Waals surface area (Å²) in [5.41, 5.74) is 0. The van der Waals surface area contributed by atoms with Crippen LogP contribution in [0.25, 0.3) is 0 Å². The Kier molecular flexibility index (Phi) is 4.44. The molecule has 1 aliphatic rings. The average molecular weight is 285 g/mol. The van der Waals surface area contributed by atoms with E-state index in [-0.39, 0.29) is 17.4 Å². The molecule has 0 atom stereocenters. The zero-order chi connectivity index (χ0) is 13.9. The highest BCUT2D eigenvalue weighted by Crippen LogP contribution is 2.26. The first-order valence-electron chi connectivity index (χ1n) is 6.41. The number of sulfonamides is 1. The Balaban J connectivity index is 2.05. The molecule has 1 aliphatic heterocycles. The molecule has 5 nitrogen and oxygen atoms in total. The van der Waals surface area contributed by atoms with Gasteiger partial charge in [0.25, 0.3) is 0 Å². The lowest BCUT2D eigenvalue weighted by Crippen LogP contribution is -2.51. The number of hydrogen-bond acceptors (Lipinski definition) is 4. The van der Waals surface area contributed by atoms with Crippen molar-refractivity contribution in [3.8, 4) is 5.75 Å². The van der Waals surface area contributed by atoms with Gasteiger partial charge in [-0.05, 0) is 30.7 Å². The molecule has 0 radical (unpaired) electrons. The zero-order valence-corrected chi connectivity index (χ0v) is 11.8. The smallest absolute Gasteiger partial charge is 0.243 e. The quantitative estimate of drug-likeness (QED) is 0.849. The molecule has 19 heavy (non-hydrogen) atoms. The van der Waals surface area contributed by atoms with Crippen molar-refractivity contribution in [2.45, 2.75) is 18.2 Å². The second-order valence-corrected chi connectivity index (χ2v) is 6.63. The first-order valence-corrected chi connectivity index (χ1v) is 7.85. The van der Waals surface area contributed by atoms with E-state index in [4.69, 9.17) is 9.84 Å². The Labute approximate surface area is 113 Å². The molecule has 1 aromatic rings. The maximum absolute atomic E-state index is 12.2. The molecular formula is C13H19NO4S. The van der Waals surface area contributed by atoms with E-state index in [1.807, 2.05) is 6.92 Å². The third-order valence-corrected chi connectivity index (χ3v) is 4.96. The molecule has 1 N–H and O–H groups in total. The average Bonchev–Trinajstić information content (AvgIpc) is 2.35. The minimum atomic E-state index is -3.42. The van der Waals surface area contributed by atoms with E-state index in [0.29, 0.717) is 25.4 Å². The standard InChI is InChI=1S/C13H19NO4S/c1-2-7-18-12-3-5-13(6-4-12)19(16,17)14-8-11(9-14)10-15/h3-6,11,15H,2,7-10H2,1H3. The molecule has 106 valence electrons. The third-order valence-electron chi connectivity index (χ3n) is 3.12. The highest BCUT2D eigenvalue weighted by Gasteiger charge is 2.36. The molecule has 0 spiro atoms. The van der Waals surface area contributed by atoms with Crippen LogP contribution in [0.3, 0.4) is 0 Å². The predicted octanol–water partition coefficient (Wildman–Crippen LogP) is 1.09. The highest BCUT2D eigenvalue weighted by molar-refractivity contribution is 7.89. The maximum Gasteiger partial charge on any atom is 0.243 e. The van der Waals surface area contributed by atoms with Crippen LogP contribution in [0.1, 0.15) is 13.3 Å². The number of ether oxygens (including phenoxy) is 1. The van der Waals surface area contributed by atoms with Crippen LogP contribution >= 0.6 is 0 Å². The summed E-state index contributed by atoms with van der Waals surface area (Å²) >= 11 is 0. The fourth-order valence-corrected chi connectivity index (χ4v) is 3.50. The summed E-state index contributed by atoms with van der Waals surface area (Å²) in [6.07, 6.45) is 0.913. The van der Waals surface area contributed by atoms with Crippen LogP contribution in [-0.2, 0) is 10.0 Å². The summed E-state index contributed by atoms with van der Waals surface area (Å²) < 4.78 is 31.2. The van der Waals surface area contributed by atoms with Crippen LogP contribution < -0.4 is 4.74 Å².